The van der Waals surface area contributed by atoms with Crippen molar-refractivity contribution in [1.82, 2.24) is 0 Å². The van der Waals surface area contributed by atoms with Gasteiger partial charge in [0.2, 0.25) is 0 Å². The van der Waals surface area contributed by atoms with Crippen LogP contribution < -0.4 is 0 Å². The first-order valence-electron chi connectivity index (χ1n) is 5.24. The molecule has 0 heterocycles. The van der Waals surface area contributed by atoms with E-state index in [-0.39, 0.29) is 11.3 Å². The number of nitro groups is 1. The van der Waals surface area contributed by atoms with Gasteiger partial charge in [0.25, 0.3) is 5.69 Å². The number of carbonyl (C=O) groups is 1. The number of rotatable bonds is 3. The van der Waals surface area contributed by atoms with Crippen LogP contribution in [0.25, 0.3) is 6.08 Å². The lowest BCUT2D eigenvalue weighted by atomic mass is 10.2. The number of hydrogen-bond acceptors (Lipinski definition) is 4. The molecule has 0 aliphatic rings. The van der Waals surface area contributed by atoms with Crippen LogP contribution in [0.3, 0.4) is 0 Å². The van der Waals surface area contributed by atoms with Gasteiger partial charge in [0.15, 0.2) is 0 Å². The van der Waals surface area contributed by atoms with Crippen LogP contribution >= 0.6 is 0 Å². The van der Waals surface area contributed by atoms with Crippen LogP contribution in [0.1, 0.15) is 19.4 Å². The summed E-state index contributed by atoms with van der Waals surface area (Å²) in [5.41, 5.74) is -0.151. The zero-order valence-electron chi connectivity index (χ0n) is 10.3. The molecule has 0 N–H and O–H groups in total. The molecule has 0 fully saturated rings. The molecule has 1 aromatic rings. The summed E-state index contributed by atoms with van der Waals surface area (Å²) in [5, 5.41) is 10.4. The predicted molar refractivity (Wildman–Crippen MR) is 65.5 cm³/mol. The van der Waals surface area contributed by atoms with Gasteiger partial charge in [-0.3, -0.25) is 10.1 Å². The van der Waals surface area contributed by atoms with Gasteiger partial charge < -0.3 is 4.74 Å². The van der Waals surface area contributed by atoms with E-state index in [9.17, 15) is 19.3 Å². The van der Waals surface area contributed by atoms with E-state index in [0.29, 0.717) is 0 Å². The molecule has 0 aromatic heterocycles. The first-order valence-corrected chi connectivity index (χ1v) is 5.24. The van der Waals surface area contributed by atoms with Crippen LogP contribution in [-0.2, 0) is 9.53 Å². The molecule has 0 saturated carbocycles. The average molecular weight is 255 g/mol. The minimum atomic E-state index is -0.737. The minimum Gasteiger partial charge on any atom is -0.466 e. The van der Waals surface area contributed by atoms with Crippen molar-refractivity contribution in [3.8, 4) is 0 Å². The number of carbonyl (C=O) groups excluding carboxylic acids is 1. The normalized spacial score (nSPS) is 9.56. The summed E-state index contributed by atoms with van der Waals surface area (Å²) in [5.74, 6) is -1.36. The zero-order chi connectivity index (χ0) is 14.1. The standard InChI is InChI=1S/C10H8FNO4.C2H6/c1-16-10(13)3-2-7-4-8(11)6-9(5-7)12(14)15;1-2/h2-6H,1H3;1-2H3/b3-2+;. The highest BCUT2D eigenvalue weighted by Crippen LogP contribution is 2.17. The molecule has 0 unspecified atom stereocenters. The molecule has 0 amide bonds. The Morgan fingerprint density at radius 2 is 2.00 bits per heavy atom. The molecule has 0 atom stereocenters. The number of ether oxygens (including phenoxy) is 1. The Morgan fingerprint density at radius 1 is 1.39 bits per heavy atom. The summed E-state index contributed by atoms with van der Waals surface area (Å²) in [7, 11) is 1.20. The zero-order valence-corrected chi connectivity index (χ0v) is 10.3. The highest BCUT2D eigenvalue weighted by molar-refractivity contribution is 5.87. The van der Waals surface area contributed by atoms with Gasteiger partial charge in [-0.15, -0.1) is 0 Å². The number of halogens is 1. The fourth-order valence-electron chi connectivity index (χ4n) is 1.03. The van der Waals surface area contributed by atoms with Crippen molar-refractivity contribution in [3.05, 3.63) is 45.8 Å². The van der Waals surface area contributed by atoms with Gasteiger partial charge in [-0.05, 0) is 17.7 Å². The Labute approximate surface area is 104 Å². The van der Waals surface area contributed by atoms with Crippen LogP contribution in [0.15, 0.2) is 24.3 Å². The van der Waals surface area contributed by atoms with Gasteiger partial charge in [0, 0.05) is 12.1 Å². The number of nitrogens with zero attached hydrogens (tertiary/aromatic N) is 1. The van der Waals surface area contributed by atoms with E-state index in [4.69, 9.17) is 0 Å². The lowest BCUT2D eigenvalue weighted by molar-refractivity contribution is -0.385. The first kappa shape index (κ1) is 15.8. The number of esters is 1. The lowest BCUT2D eigenvalue weighted by Gasteiger charge is -1.96. The fraction of sp³-hybridized carbons (Fsp3) is 0.250. The summed E-state index contributed by atoms with van der Waals surface area (Å²) >= 11 is 0. The first-order chi connectivity index (χ1) is 8.52. The second-order valence-corrected chi connectivity index (χ2v) is 2.86. The van der Waals surface area contributed by atoms with Gasteiger partial charge in [0.05, 0.1) is 18.1 Å². The number of non-ortho nitro benzene ring substituents is 1. The lowest BCUT2D eigenvalue weighted by Crippen LogP contribution is -1.94. The molecular formula is C12H14FNO4. The van der Waals surface area contributed by atoms with Crippen LogP contribution in [0.4, 0.5) is 10.1 Å². The molecule has 0 bridgehead atoms. The van der Waals surface area contributed by atoms with Gasteiger partial charge in [-0.25, -0.2) is 9.18 Å². The predicted octanol–water partition coefficient (Wildman–Crippen LogP) is 2.95. The molecule has 1 aromatic carbocycles. The Bertz CT molecular complexity index is 457. The monoisotopic (exact) mass is 255 g/mol. The minimum absolute atomic E-state index is 0.220. The molecule has 6 heteroatoms. The van der Waals surface area contributed by atoms with Crippen LogP contribution in [0, 0.1) is 15.9 Å². The highest BCUT2D eigenvalue weighted by Gasteiger charge is 2.08. The van der Waals surface area contributed by atoms with Crippen LogP contribution in [-0.4, -0.2) is 18.0 Å². The fourth-order valence-corrected chi connectivity index (χ4v) is 1.03. The highest BCUT2D eigenvalue weighted by atomic mass is 19.1. The van der Waals surface area contributed by atoms with Crippen LogP contribution in [0.5, 0.6) is 0 Å². The Kier molecular flexibility index (Phi) is 6.95. The quantitative estimate of drug-likeness (QED) is 0.360. The molecule has 0 radical (unpaired) electrons. The SMILES string of the molecule is CC.COC(=O)/C=C/c1cc(F)cc([N+](=O)[O-])c1. The third kappa shape index (κ3) is 5.20. The molecule has 0 spiro atoms. The Hall–Kier alpha value is -2.24. The second kappa shape index (κ2) is 7.94. The third-order valence-electron chi connectivity index (χ3n) is 1.73. The number of methoxy groups -OCH3 is 1. The second-order valence-electron chi connectivity index (χ2n) is 2.86. The van der Waals surface area contributed by atoms with Gasteiger partial charge in [0.1, 0.15) is 5.82 Å². The number of nitro benzene ring substituents is 1. The average Bonchev–Trinajstić information content (AvgIpc) is 2.37. The molecular weight excluding hydrogens is 241 g/mol. The third-order valence-corrected chi connectivity index (χ3v) is 1.73. The topological polar surface area (TPSA) is 69.4 Å². The maximum atomic E-state index is 12.9. The van der Waals surface area contributed by atoms with Gasteiger partial charge >= 0.3 is 5.97 Å². The maximum absolute atomic E-state index is 12.9. The smallest absolute Gasteiger partial charge is 0.330 e. The summed E-state index contributed by atoms with van der Waals surface area (Å²) in [6.45, 7) is 4.00. The van der Waals surface area contributed by atoms with Crippen molar-refractivity contribution in [1.29, 1.82) is 0 Å². The maximum Gasteiger partial charge on any atom is 0.330 e. The van der Waals surface area contributed by atoms with Gasteiger partial charge in [-0.1, -0.05) is 13.8 Å². The molecule has 18 heavy (non-hydrogen) atoms. The molecule has 5 nitrogen and oxygen atoms in total. The van der Waals surface area contributed by atoms with E-state index in [1.165, 1.54) is 13.2 Å². The summed E-state index contributed by atoms with van der Waals surface area (Å²) in [6.07, 6.45) is 2.29. The van der Waals surface area contributed by atoms with E-state index < -0.39 is 16.7 Å². The number of hydrogen-bond donors (Lipinski definition) is 0. The summed E-state index contributed by atoms with van der Waals surface area (Å²) < 4.78 is 17.3. The summed E-state index contributed by atoms with van der Waals surface area (Å²) in [6, 6.07) is 3.03. The van der Waals surface area contributed by atoms with E-state index in [1.54, 1.807) is 0 Å². The van der Waals surface area contributed by atoms with Crippen molar-refractivity contribution in [3.63, 3.8) is 0 Å². The van der Waals surface area contributed by atoms with Crippen molar-refractivity contribution >= 4 is 17.7 Å². The van der Waals surface area contributed by atoms with E-state index in [0.717, 1.165) is 24.3 Å². The van der Waals surface area contributed by atoms with E-state index >= 15 is 0 Å². The molecule has 0 aliphatic carbocycles. The molecule has 1 rings (SSSR count). The van der Waals surface area contributed by atoms with E-state index in [1.807, 2.05) is 13.8 Å². The van der Waals surface area contributed by atoms with Crippen molar-refractivity contribution in [2.75, 3.05) is 7.11 Å². The Morgan fingerprint density at radius 3 is 2.50 bits per heavy atom. The Balaban J connectivity index is 0.00000137. The van der Waals surface area contributed by atoms with Crippen molar-refractivity contribution < 1.29 is 18.8 Å². The van der Waals surface area contributed by atoms with Crippen molar-refractivity contribution in [2.24, 2.45) is 0 Å². The van der Waals surface area contributed by atoms with Crippen LogP contribution in [0.2, 0.25) is 0 Å². The molecule has 0 aliphatic heterocycles. The molecule has 0 saturated heterocycles. The van der Waals surface area contributed by atoms with Gasteiger partial charge in [-0.2, -0.15) is 0 Å². The van der Waals surface area contributed by atoms with Crippen molar-refractivity contribution in [2.45, 2.75) is 13.8 Å². The summed E-state index contributed by atoms with van der Waals surface area (Å²) in [4.78, 5) is 20.5. The number of benzene rings is 1. The van der Waals surface area contributed by atoms with E-state index in [2.05, 4.69) is 4.74 Å². The molecule has 98 valence electrons. The largest absolute Gasteiger partial charge is 0.466 e.